The van der Waals surface area contributed by atoms with Crippen LogP contribution in [0.3, 0.4) is 0 Å². The average molecular weight is 409 g/mol. The number of rotatable bonds is 9. The van der Waals surface area contributed by atoms with Gasteiger partial charge in [-0.3, -0.25) is 13.9 Å². The largest absolute Gasteiger partial charge is 0.469 e. The standard InChI is InChI=1S/C13H24N5O8P/c14-3-1-2-4-16-12(21)8-11(15)18(6-17-8)13-10(20)9(19)7(26-13)5-25-27(22,23)24/h6-7,9-10,13,19-20H,1-5,14-15H2,(H,16,21)(H2,22,23,24)/t7-,9-,10-,13-/m1/s1. The van der Waals surface area contributed by atoms with Crippen LogP contribution in [-0.2, 0) is 13.8 Å². The van der Waals surface area contributed by atoms with Crippen LogP contribution in [-0.4, -0.2) is 73.5 Å². The van der Waals surface area contributed by atoms with Gasteiger partial charge in [-0.15, -0.1) is 0 Å². The summed E-state index contributed by atoms with van der Waals surface area (Å²) in [6.07, 6.45) is -2.78. The maximum absolute atomic E-state index is 12.1. The third-order valence-corrected chi connectivity index (χ3v) is 4.47. The molecule has 0 spiro atoms. The molecule has 1 fully saturated rings. The van der Waals surface area contributed by atoms with E-state index in [9.17, 15) is 19.6 Å². The number of hydrogen-bond acceptors (Lipinski definition) is 9. The molecule has 14 heteroatoms. The van der Waals surface area contributed by atoms with Crippen molar-refractivity contribution in [2.24, 2.45) is 5.73 Å². The molecule has 0 unspecified atom stereocenters. The second-order valence-corrected chi connectivity index (χ2v) is 7.21. The van der Waals surface area contributed by atoms with Crippen LogP contribution in [0.5, 0.6) is 0 Å². The van der Waals surface area contributed by atoms with E-state index in [1.165, 1.54) is 0 Å². The van der Waals surface area contributed by atoms with E-state index < -0.39 is 44.9 Å². The number of nitrogens with two attached hydrogens (primary N) is 2. The predicted octanol–water partition coefficient (Wildman–Crippen LogP) is -2.34. The lowest BCUT2D eigenvalue weighted by molar-refractivity contribution is -0.0510. The average Bonchev–Trinajstić information content (AvgIpc) is 3.10. The molecular weight excluding hydrogens is 385 g/mol. The number of nitrogens with zero attached hydrogens (tertiary/aromatic N) is 2. The number of imidazole rings is 1. The van der Waals surface area contributed by atoms with Gasteiger partial charge in [0.25, 0.3) is 5.91 Å². The van der Waals surface area contributed by atoms with Gasteiger partial charge in [-0.1, -0.05) is 0 Å². The summed E-state index contributed by atoms with van der Waals surface area (Å²) in [5, 5.41) is 22.8. The number of hydrogen-bond donors (Lipinski definition) is 7. The topological polar surface area (TPSA) is 215 Å². The SMILES string of the molecule is NCCCCNC(=O)c1ncn([C@@H]2O[C@H](COP(=O)(O)O)[C@@H](O)[C@H]2O)c1N. The van der Waals surface area contributed by atoms with Gasteiger partial charge in [-0.05, 0) is 19.4 Å². The molecule has 1 aromatic heterocycles. The summed E-state index contributed by atoms with van der Waals surface area (Å²) < 4.78 is 21.6. The Morgan fingerprint density at radius 2 is 2.07 bits per heavy atom. The Hall–Kier alpha value is -1.57. The normalized spacial score (nSPS) is 25.7. The van der Waals surface area contributed by atoms with Crippen LogP contribution < -0.4 is 16.8 Å². The molecule has 0 aliphatic carbocycles. The van der Waals surface area contributed by atoms with E-state index in [1.54, 1.807) is 0 Å². The highest BCUT2D eigenvalue weighted by atomic mass is 31.2. The maximum Gasteiger partial charge on any atom is 0.469 e. The number of amides is 1. The minimum Gasteiger partial charge on any atom is -0.387 e. The number of aromatic nitrogens is 2. The predicted molar refractivity (Wildman–Crippen MR) is 91.2 cm³/mol. The number of aliphatic hydroxyl groups is 2. The first-order valence-electron chi connectivity index (χ1n) is 8.18. The van der Waals surface area contributed by atoms with Gasteiger partial charge in [0.05, 0.1) is 12.9 Å². The van der Waals surface area contributed by atoms with Crippen LogP contribution in [0.25, 0.3) is 0 Å². The van der Waals surface area contributed by atoms with E-state index in [4.69, 9.17) is 26.0 Å². The van der Waals surface area contributed by atoms with Gasteiger partial charge in [0.15, 0.2) is 11.9 Å². The summed E-state index contributed by atoms with van der Waals surface area (Å²) in [4.78, 5) is 33.5. The molecule has 9 N–H and O–H groups in total. The van der Waals surface area contributed by atoms with Gasteiger partial charge in [-0.2, -0.15) is 0 Å². The smallest absolute Gasteiger partial charge is 0.387 e. The van der Waals surface area contributed by atoms with Crippen molar-refractivity contribution in [2.75, 3.05) is 25.4 Å². The number of unbranched alkanes of at least 4 members (excludes halogenated alkanes) is 1. The summed E-state index contributed by atoms with van der Waals surface area (Å²) in [5.41, 5.74) is 11.2. The van der Waals surface area contributed by atoms with Crippen LogP contribution in [0.4, 0.5) is 5.82 Å². The molecule has 4 atom stereocenters. The molecule has 1 aliphatic heterocycles. The number of aliphatic hydroxyl groups excluding tert-OH is 2. The van der Waals surface area contributed by atoms with E-state index in [-0.39, 0.29) is 11.5 Å². The number of phosphoric acid groups is 1. The Bertz CT molecular complexity index is 694. The number of nitrogen functional groups attached to an aromatic ring is 1. The minimum absolute atomic E-state index is 0.0806. The Labute approximate surface area is 154 Å². The molecule has 1 aromatic rings. The third kappa shape index (κ3) is 5.46. The van der Waals surface area contributed by atoms with Gasteiger partial charge >= 0.3 is 7.82 Å². The lowest BCUT2D eigenvalue weighted by atomic mass is 10.1. The highest BCUT2D eigenvalue weighted by molar-refractivity contribution is 7.46. The first-order valence-corrected chi connectivity index (χ1v) is 9.71. The Morgan fingerprint density at radius 3 is 2.70 bits per heavy atom. The van der Waals surface area contributed by atoms with E-state index in [2.05, 4.69) is 14.8 Å². The lowest BCUT2D eigenvalue weighted by Gasteiger charge is -2.17. The van der Waals surface area contributed by atoms with Crippen molar-refractivity contribution < 1.29 is 38.6 Å². The molecule has 154 valence electrons. The number of nitrogens with one attached hydrogen (secondary N) is 1. The monoisotopic (exact) mass is 409 g/mol. The zero-order valence-electron chi connectivity index (χ0n) is 14.3. The lowest BCUT2D eigenvalue weighted by Crippen LogP contribution is -2.33. The van der Waals surface area contributed by atoms with Crippen molar-refractivity contribution in [3.8, 4) is 0 Å². The number of phosphoric ester groups is 1. The van der Waals surface area contributed by atoms with Crippen molar-refractivity contribution in [2.45, 2.75) is 37.4 Å². The third-order valence-electron chi connectivity index (χ3n) is 3.98. The molecule has 13 nitrogen and oxygen atoms in total. The van der Waals surface area contributed by atoms with Crippen LogP contribution in [0.15, 0.2) is 6.33 Å². The number of carbonyl (C=O) groups is 1. The fourth-order valence-corrected chi connectivity index (χ4v) is 2.91. The zero-order chi connectivity index (χ0) is 20.2. The van der Waals surface area contributed by atoms with Gasteiger partial charge in [0.2, 0.25) is 0 Å². The molecule has 0 saturated carbocycles. The van der Waals surface area contributed by atoms with E-state index in [0.717, 1.165) is 17.3 Å². The first kappa shape index (κ1) is 21.7. The van der Waals surface area contributed by atoms with Crippen molar-refractivity contribution in [1.82, 2.24) is 14.9 Å². The van der Waals surface area contributed by atoms with E-state index >= 15 is 0 Å². The Balaban J connectivity index is 2.04. The van der Waals surface area contributed by atoms with Crippen molar-refractivity contribution in [3.05, 3.63) is 12.0 Å². The zero-order valence-corrected chi connectivity index (χ0v) is 15.2. The summed E-state index contributed by atoms with van der Waals surface area (Å²) >= 11 is 0. The van der Waals surface area contributed by atoms with E-state index in [0.29, 0.717) is 19.5 Å². The van der Waals surface area contributed by atoms with Crippen LogP contribution in [0.1, 0.15) is 29.6 Å². The van der Waals surface area contributed by atoms with Crippen molar-refractivity contribution in [3.63, 3.8) is 0 Å². The number of ether oxygens (including phenoxy) is 1. The molecule has 2 rings (SSSR count). The fourth-order valence-electron chi connectivity index (χ4n) is 2.57. The highest BCUT2D eigenvalue weighted by Crippen LogP contribution is 2.38. The molecule has 0 radical (unpaired) electrons. The number of anilines is 1. The van der Waals surface area contributed by atoms with Crippen LogP contribution >= 0.6 is 7.82 Å². The van der Waals surface area contributed by atoms with Gasteiger partial charge < -0.3 is 41.5 Å². The molecule has 1 amide bonds. The molecule has 2 heterocycles. The summed E-state index contributed by atoms with van der Waals surface area (Å²) in [7, 11) is -4.77. The van der Waals surface area contributed by atoms with E-state index in [1.807, 2.05) is 0 Å². The molecule has 1 aliphatic rings. The molecular formula is C13H24N5O8P. The minimum atomic E-state index is -4.77. The molecule has 27 heavy (non-hydrogen) atoms. The van der Waals surface area contributed by atoms with Crippen LogP contribution in [0, 0.1) is 0 Å². The summed E-state index contributed by atoms with van der Waals surface area (Å²) in [6, 6.07) is 0. The van der Waals surface area contributed by atoms with Gasteiger partial charge in [-0.25, -0.2) is 9.55 Å². The van der Waals surface area contributed by atoms with Crippen LogP contribution in [0.2, 0.25) is 0 Å². The Morgan fingerprint density at radius 1 is 1.37 bits per heavy atom. The van der Waals surface area contributed by atoms with Crippen molar-refractivity contribution >= 4 is 19.5 Å². The molecule has 0 aromatic carbocycles. The maximum atomic E-state index is 12.1. The van der Waals surface area contributed by atoms with Crippen molar-refractivity contribution in [1.29, 1.82) is 0 Å². The number of carbonyl (C=O) groups excluding carboxylic acids is 1. The summed E-state index contributed by atoms with van der Waals surface area (Å²) in [6.45, 7) is 0.256. The first-order chi connectivity index (χ1) is 12.7. The van der Waals surface area contributed by atoms with Gasteiger partial charge in [0, 0.05) is 6.54 Å². The Kier molecular flexibility index (Phi) is 7.31. The quantitative estimate of drug-likeness (QED) is 0.169. The highest BCUT2D eigenvalue weighted by Gasteiger charge is 2.45. The molecule has 1 saturated heterocycles. The second kappa shape index (κ2) is 9.08. The second-order valence-electron chi connectivity index (χ2n) is 5.97. The van der Waals surface area contributed by atoms with Gasteiger partial charge in [0.1, 0.15) is 24.1 Å². The summed E-state index contributed by atoms with van der Waals surface area (Å²) in [5.74, 6) is -0.614. The fraction of sp³-hybridized carbons (Fsp3) is 0.692. The molecule has 0 bridgehead atoms.